The average Bonchev–Trinajstić information content (AvgIpc) is 2.75. The molecule has 0 amide bonds. The van der Waals surface area contributed by atoms with Crippen LogP contribution < -0.4 is 9.47 Å². The van der Waals surface area contributed by atoms with Crippen molar-refractivity contribution in [2.75, 3.05) is 14.2 Å². The van der Waals surface area contributed by atoms with Crippen molar-refractivity contribution in [3.63, 3.8) is 0 Å². The summed E-state index contributed by atoms with van der Waals surface area (Å²) < 4.78 is 11.2. The maximum Gasteiger partial charge on any atom is 0.184 e. The maximum absolute atomic E-state index is 5.85. The van der Waals surface area contributed by atoms with Crippen molar-refractivity contribution in [1.29, 1.82) is 0 Å². The Bertz CT molecular complexity index is 539. The highest BCUT2D eigenvalue weighted by molar-refractivity contribution is 7.14. The van der Waals surface area contributed by atoms with Crippen LogP contribution in [0, 0.1) is 6.92 Å². The molecular formula is C12H12ClNO2S. The summed E-state index contributed by atoms with van der Waals surface area (Å²) in [6.45, 7) is 1.97. The average molecular weight is 270 g/mol. The van der Waals surface area contributed by atoms with Crippen LogP contribution in [0.4, 0.5) is 0 Å². The Hall–Kier alpha value is -1.26. The van der Waals surface area contributed by atoms with Gasteiger partial charge in [0.15, 0.2) is 4.47 Å². The Morgan fingerprint density at radius 2 is 1.88 bits per heavy atom. The number of hydrogen-bond donors (Lipinski definition) is 0. The van der Waals surface area contributed by atoms with Crippen molar-refractivity contribution in [2.45, 2.75) is 6.92 Å². The fourth-order valence-corrected chi connectivity index (χ4v) is 2.39. The van der Waals surface area contributed by atoms with E-state index >= 15 is 0 Å². The molecule has 0 atom stereocenters. The van der Waals surface area contributed by atoms with Gasteiger partial charge in [-0.05, 0) is 24.6 Å². The quantitative estimate of drug-likeness (QED) is 0.850. The van der Waals surface area contributed by atoms with Gasteiger partial charge in [0.25, 0.3) is 0 Å². The number of halogens is 1. The van der Waals surface area contributed by atoms with Crippen LogP contribution in [0.15, 0.2) is 17.5 Å². The first kappa shape index (κ1) is 12.2. The molecule has 90 valence electrons. The van der Waals surface area contributed by atoms with Crippen molar-refractivity contribution in [2.24, 2.45) is 0 Å². The molecule has 0 aliphatic rings. The number of rotatable bonds is 3. The van der Waals surface area contributed by atoms with E-state index in [0.717, 1.165) is 28.3 Å². The van der Waals surface area contributed by atoms with Gasteiger partial charge in [-0.3, -0.25) is 0 Å². The van der Waals surface area contributed by atoms with Crippen molar-refractivity contribution >= 4 is 22.9 Å². The van der Waals surface area contributed by atoms with Crippen LogP contribution in [-0.4, -0.2) is 19.2 Å². The van der Waals surface area contributed by atoms with Gasteiger partial charge in [-0.2, -0.15) is 0 Å². The lowest BCUT2D eigenvalue weighted by molar-refractivity contribution is 0.401. The first-order chi connectivity index (χ1) is 8.15. The standard InChI is InChI=1S/C12H12ClNO2S/c1-7-4-11(16-3)8(5-10(7)15-2)9-6-17-12(13)14-9/h4-6H,1-3H3. The molecule has 0 spiro atoms. The number of nitrogens with zero attached hydrogens (tertiary/aromatic N) is 1. The van der Waals surface area contributed by atoms with E-state index in [2.05, 4.69) is 4.98 Å². The van der Waals surface area contributed by atoms with Gasteiger partial charge in [0.2, 0.25) is 0 Å². The molecule has 0 fully saturated rings. The summed E-state index contributed by atoms with van der Waals surface area (Å²) in [5.41, 5.74) is 2.71. The van der Waals surface area contributed by atoms with E-state index in [9.17, 15) is 0 Å². The summed E-state index contributed by atoms with van der Waals surface area (Å²) in [6.07, 6.45) is 0. The van der Waals surface area contributed by atoms with Gasteiger partial charge in [-0.15, -0.1) is 11.3 Å². The zero-order chi connectivity index (χ0) is 12.4. The van der Waals surface area contributed by atoms with Crippen LogP contribution in [0.1, 0.15) is 5.56 Å². The first-order valence-corrected chi connectivity index (χ1v) is 6.25. The summed E-state index contributed by atoms with van der Waals surface area (Å²) >= 11 is 7.24. The van der Waals surface area contributed by atoms with Crippen LogP contribution in [0.2, 0.25) is 4.47 Å². The lowest BCUT2D eigenvalue weighted by Gasteiger charge is -2.11. The van der Waals surface area contributed by atoms with Crippen LogP contribution >= 0.6 is 22.9 Å². The summed E-state index contributed by atoms with van der Waals surface area (Å²) in [6, 6.07) is 3.85. The summed E-state index contributed by atoms with van der Waals surface area (Å²) in [4.78, 5) is 4.24. The largest absolute Gasteiger partial charge is 0.496 e. The fraction of sp³-hybridized carbons (Fsp3) is 0.250. The zero-order valence-electron chi connectivity index (χ0n) is 9.78. The molecule has 3 nitrogen and oxygen atoms in total. The summed E-state index contributed by atoms with van der Waals surface area (Å²) in [7, 11) is 3.28. The molecular weight excluding hydrogens is 258 g/mol. The van der Waals surface area contributed by atoms with Gasteiger partial charge in [-0.25, -0.2) is 4.98 Å². The third-order valence-corrected chi connectivity index (χ3v) is 3.45. The smallest absolute Gasteiger partial charge is 0.184 e. The van der Waals surface area contributed by atoms with E-state index in [4.69, 9.17) is 21.1 Å². The molecule has 0 aliphatic heterocycles. The van der Waals surface area contributed by atoms with E-state index in [1.165, 1.54) is 11.3 Å². The van der Waals surface area contributed by atoms with Gasteiger partial charge >= 0.3 is 0 Å². The minimum Gasteiger partial charge on any atom is -0.496 e. The molecule has 0 unspecified atom stereocenters. The molecule has 5 heteroatoms. The number of benzene rings is 1. The third-order valence-electron chi connectivity index (χ3n) is 2.47. The molecule has 2 rings (SSSR count). The number of methoxy groups -OCH3 is 2. The second-order valence-electron chi connectivity index (χ2n) is 3.51. The van der Waals surface area contributed by atoms with Crippen LogP contribution in [0.25, 0.3) is 11.3 Å². The monoisotopic (exact) mass is 269 g/mol. The topological polar surface area (TPSA) is 31.4 Å². The molecule has 1 heterocycles. The molecule has 0 saturated carbocycles. The Morgan fingerprint density at radius 1 is 1.18 bits per heavy atom. The Balaban J connectivity index is 2.58. The molecule has 0 bridgehead atoms. The molecule has 0 radical (unpaired) electrons. The van der Waals surface area contributed by atoms with Gasteiger partial charge in [0.05, 0.1) is 19.9 Å². The van der Waals surface area contributed by atoms with E-state index < -0.39 is 0 Å². The lowest BCUT2D eigenvalue weighted by atomic mass is 10.1. The summed E-state index contributed by atoms with van der Waals surface area (Å²) in [5, 5.41) is 1.90. The third kappa shape index (κ3) is 2.37. The van der Waals surface area contributed by atoms with Crippen molar-refractivity contribution in [1.82, 2.24) is 4.98 Å². The van der Waals surface area contributed by atoms with Crippen molar-refractivity contribution in [3.8, 4) is 22.8 Å². The predicted octanol–water partition coefficient (Wildman–Crippen LogP) is 3.79. The Labute approximate surface area is 109 Å². The minimum absolute atomic E-state index is 0.515. The second-order valence-corrected chi connectivity index (χ2v) is 4.95. The Morgan fingerprint density at radius 3 is 2.41 bits per heavy atom. The van der Waals surface area contributed by atoms with Crippen LogP contribution in [0.3, 0.4) is 0 Å². The molecule has 0 aliphatic carbocycles. The van der Waals surface area contributed by atoms with Gasteiger partial charge in [-0.1, -0.05) is 11.6 Å². The molecule has 0 saturated heterocycles. The zero-order valence-corrected chi connectivity index (χ0v) is 11.4. The highest BCUT2D eigenvalue weighted by Crippen LogP contribution is 2.36. The van der Waals surface area contributed by atoms with E-state index in [1.807, 2.05) is 24.4 Å². The molecule has 17 heavy (non-hydrogen) atoms. The predicted molar refractivity (Wildman–Crippen MR) is 70.4 cm³/mol. The highest BCUT2D eigenvalue weighted by atomic mass is 35.5. The van der Waals surface area contributed by atoms with Crippen LogP contribution in [-0.2, 0) is 0 Å². The molecule has 1 aromatic carbocycles. The van der Waals surface area contributed by atoms with E-state index in [-0.39, 0.29) is 0 Å². The highest BCUT2D eigenvalue weighted by Gasteiger charge is 2.13. The number of aromatic nitrogens is 1. The molecule has 1 aromatic heterocycles. The molecule has 0 N–H and O–H groups in total. The summed E-state index contributed by atoms with van der Waals surface area (Å²) in [5.74, 6) is 1.58. The van der Waals surface area contributed by atoms with Gasteiger partial charge in [0, 0.05) is 10.9 Å². The first-order valence-electron chi connectivity index (χ1n) is 4.99. The SMILES string of the molecule is COc1cc(-c2csc(Cl)n2)c(OC)cc1C. The van der Waals surface area contributed by atoms with Crippen LogP contribution in [0.5, 0.6) is 11.5 Å². The maximum atomic E-state index is 5.85. The second kappa shape index (κ2) is 4.94. The van der Waals surface area contributed by atoms with Gasteiger partial charge < -0.3 is 9.47 Å². The minimum atomic E-state index is 0.515. The molecule has 2 aromatic rings. The number of ether oxygens (including phenoxy) is 2. The van der Waals surface area contributed by atoms with Crippen molar-refractivity contribution in [3.05, 3.63) is 27.5 Å². The number of aryl methyl sites for hydroxylation is 1. The number of hydrogen-bond acceptors (Lipinski definition) is 4. The fourth-order valence-electron chi connectivity index (χ4n) is 1.63. The van der Waals surface area contributed by atoms with E-state index in [0.29, 0.717) is 4.47 Å². The normalized spacial score (nSPS) is 10.4. The number of thiazole rings is 1. The van der Waals surface area contributed by atoms with Crippen molar-refractivity contribution < 1.29 is 9.47 Å². The lowest BCUT2D eigenvalue weighted by Crippen LogP contribution is -1.93. The Kier molecular flexibility index (Phi) is 3.54. The van der Waals surface area contributed by atoms with E-state index in [1.54, 1.807) is 14.2 Å². The van der Waals surface area contributed by atoms with Gasteiger partial charge in [0.1, 0.15) is 11.5 Å².